The molecule has 0 rings (SSSR count). The fraction of sp³-hybridized carbons (Fsp3) is 1.00. The molecular weight excluding hydrogens is 368 g/mol. The maximum atomic E-state index is 5.98. The van der Waals surface area contributed by atoms with E-state index in [0.29, 0.717) is 0 Å². The van der Waals surface area contributed by atoms with Gasteiger partial charge in [0, 0.05) is 45.4 Å². The lowest BCUT2D eigenvalue weighted by molar-refractivity contribution is 0.369. The van der Waals surface area contributed by atoms with E-state index >= 15 is 0 Å². The molecule has 5 N–H and O–H groups in total. The van der Waals surface area contributed by atoms with Gasteiger partial charge in [0.1, 0.15) is 0 Å². The Morgan fingerprint density at radius 1 is 1.64 bits per heavy atom. The molecule has 0 aliphatic rings. The van der Waals surface area contributed by atoms with E-state index in [1.54, 1.807) is 0 Å². The summed E-state index contributed by atoms with van der Waals surface area (Å²) in [6.07, 6.45) is 0.965. The Hall–Kier alpha value is 1.34. The van der Waals surface area contributed by atoms with Crippen molar-refractivity contribution in [2.45, 2.75) is 24.9 Å². The first-order valence-corrected chi connectivity index (χ1v) is 6.09. The molecule has 68 valence electrons. The molecule has 0 radical (unpaired) electrons. The molecular formula is C6H15I2N3. The molecule has 0 saturated carbocycles. The first kappa shape index (κ1) is 12.3. The average molecular weight is 383 g/mol. The van der Waals surface area contributed by atoms with Crippen LogP contribution in [-0.4, -0.2) is 22.6 Å². The van der Waals surface area contributed by atoms with Crippen LogP contribution in [0.4, 0.5) is 0 Å². The quantitative estimate of drug-likeness (QED) is 0.374. The van der Waals surface area contributed by atoms with E-state index in [9.17, 15) is 0 Å². The minimum Gasteiger partial charge on any atom is -0.325 e. The summed E-state index contributed by atoms with van der Waals surface area (Å²) in [6.45, 7) is 2.77. The highest BCUT2D eigenvalue weighted by Gasteiger charge is 2.25. The number of nitrogens with two attached hydrogens (primary N) is 2. The van der Waals surface area contributed by atoms with Crippen LogP contribution in [0.1, 0.15) is 13.3 Å². The molecule has 0 amide bonds. The predicted octanol–water partition coefficient (Wildman–Crippen LogP) is 0.796. The summed E-state index contributed by atoms with van der Waals surface area (Å²) < 4.78 is 4.05. The lowest BCUT2D eigenvalue weighted by Gasteiger charge is -2.30. The van der Waals surface area contributed by atoms with E-state index < -0.39 is 0 Å². The molecule has 0 aromatic carbocycles. The van der Waals surface area contributed by atoms with Crippen molar-refractivity contribution < 1.29 is 0 Å². The Morgan fingerprint density at radius 2 is 2.18 bits per heavy atom. The summed E-state index contributed by atoms with van der Waals surface area (Å²) in [5, 5.41) is 0. The van der Waals surface area contributed by atoms with Gasteiger partial charge in [-0.05, 0) is 13.3 Å². The number of hydrogen-bond acceptors (Lipinski definition) is 3. The Kier molecular flexibility index (Phi) is 6.61. The van der Waals surface area contributed by atoms with E-state index in [2.05, 4.69) is 49.0 Å². The summed E-state index contributed by atoms with van der Waals surface area (Å²) in [4.78, 5) is 0. The topological polar surface area (TPSA) is 64.1 Å². The highest BCUT2D eigenvalue weighted by atomic mass is 127. The van der Waals surface area contributed by atoms with E-state index in [-0.39, 0.29) is 11.6 Å². The lowest BCUT2D eigenvalue weighted by atomic mass is 9.91. The molecule has 2 atom stereocenters. The van der Waals surface area contributed by atoms with E-state index in [0.717, 1.165) is 17.4 Å². The normalized spacial score (nSPS) is 19.4. The molecule has 0 fully saturated rings. The molecule has 0 aliphatic carbocycles. The fourth-order valence-corrected chi connectivity index (χ4v) is 2.34. The highest BCUT2D eigenvalue weighted by Crippen LogP contribution is 2.11. The van der Waals surface area contributed by atoms with Crippen molar-refractivity contribution in [2.75, 3.05) is 11.0 Å². The van der Waals surface area contributed by atoms with Crippen LogP contribution in [0.25, 0.3) is 0 Å². The Balaban J connectivity index is 3.83. The van der Waals surface area contributed by atoms with Gasteiger partial charge in [0.05, 0.1) is 0 Å². The van der Waals surface area contributed by atoms with Gasteiger partial charge >= 0.3 is 0 Å². The lowest BCUT2D eigenvalue weighted by Crippen LogP contribution is -2.56. The fourth-order valence-electron chi connectivity index (χ4n) is 0.705. The number of hydrogen-bond donors (Lipinski definition) is 3. The van der Waals surface area contributed by atoms with Crippen LogP contribution in [-0.2, 0) is 0 Å². The van der Waals surface area contributed by atoms with Gasteiger partial charge in [-0.1, -0.05) is 22.6 Å². The van der Waals surface area contributed by atoms with E-state index in [1.807, 2.05) is 6.92 Å². The van der Waals surface area contributed by atoms with Gasteiger partial charge in [0.2, 0.25) is 0 Å². The van der Waals surface area contributed by atoms with Gasteiger partial charge in [-0.3, -0.25) is 3.53 Å². The van der Waals surface area contributed by atoms with Crippen LogP contribution in [0.15, 0.2) is 0 Å². The SMILES string of the molecule is CC(N)(CCI)C(N)CNI. The number of nitrogens with one attached hydrogen (secondary N) is 1. The Labute approximate surface area is 95.7 Å². The zero-order chi connectivity index (χ0) is 8.91. The first-order chi connectivity index (χ1) is 5.04. The predicted molar refractivity (Wildman–Crippen MR) is 66.1 cm³/mol. The Morgan fingerprint density at radius 3 is 2.55 bits per heavy atom. The second kappa shape index (κ2) is 5.90. The molecule has 2 unspecified atom stereocenters. The minimum atomic E-state index is -0.237. The third-order valence-corrected chi connectivity index (χ3v) is 2.76. The van der Waals surface area contributed by atoms with Gasteiger partial charge in [-0.25, -0.2) is 0 Å². The van der Waals surface area contributed by atoms with Crippen molar-refractivity contribution in [3.8, 4) is 0 Å². The molecule has 3 nitrogen and oxygen atoms in total. The van der Waals surface area contributed by atoms with Crippen molar-refractivity contribution in [1.82, 2.24) is 3.53 Å². The largest absolute Gasteiger partial charge is 0.325 e. The second-order valence-corrected chi connectivity index (χ2v) is 4.73. The molecule has 0 spiro atoms. The third kappa shape index (κ3) is 4.81. The number of alkyl halides is 1. The molecule has 0 saturated heterocycles. The summed E-state index contributed by atoms with van der Waals surface area (Å²) >= 11 is 4.40. The molecule has 0 aliphatic heterocycles. The smallest absolute Gasteiger partial charge is 0.0354 e. The van der Waals surface area contributed by atoms with Gasteiger partial charge in [-0.15, -0.1) is 0 Å². The molecule has 0 aromatic heterocycles. The number of halogens is 2. The molecule has 11 heavy (non-hydrogen) atoms. The highest BCUT2D eigenvalue weighted by molar-refractivity contribution is 14.1. The van der Waals surface area contributed by atoms with Crippen molar-refractivity contribution in [3.63, 3.8) is 0 Å². The van der Waals surface area contributed by atoms with Gasteiger partial charge < -0.3 is 11.5 Å². The first-order valence-electron chi connectivity index (χ1n) is 3.48. The van der Waals surface area contributed by atoms with Crippen molar-refractivity contribution >= 4 is 45.5 Å². The monoisotopic (exact) mass is 383 g/mol. The van der Waals surface area contributed by atoms with Crippen molar-refractivity contribution in [1.29, 1.82) is 0 Å². The Bertz CT molecular complexity index is 108. The van der Waals surface area contributed by atoms with Gasteiger partial charge in [-0.2, -0.15) is 0 Å². The minimum absolute atomic E-state index is 0.0363. The zero-order valence-corrected chi connectivity index (χ0v) is 10.9. The van der Waals surface area contributed by atoms with Crippen LogP contribution < -0.4 is 15.0 Å². The van der Waals surface area contributed by atoms with Crippen LogP contribution in [0, 0.1) is 0 Å². The van der Waals surface area contributed by atoms with Crippen molar-refractivity contribution in [2.24, 2.45) is 11.5 Å². The van der Waals surface area contributed by atoms with Crippen LogP contribution in [0.3, 0.4) is 0 Å². The molecule has 0 aromatic rings. The average Bonchev–Trinajstić information content (AvgIpc) is 1.88. The third-order valence-electron chi connectivity index (χ3n) is 1.78. The van der Waals surface area contributed by atoms with Gasteiger partial charge in [0.15, 0.2) is 0 Å². The van der Waals surface area contributed by atoms with Crippen molar-refractivity contribution in [3.05, 3.63) is 0 Å². The standard InChI is InChI=1S/C6H15I2N3/c1-6(10,2-3-7)5(9)4-11-8/h5,11H,2-4,9-10H2,1H3. The maximum Gasteiger partial charge on any atom is 0.0354 e. The molecule has 5 heteroatoms. The van der Waals surface area contributed by atoms with Crippen LogP contribution >= 0.6 is 45.5 Å². The molecule has 0 heterocycles. The summed E-state index contributed by atoms with van der Waals surface area (Å²) in [5.74, 6) is 0. The summed E-state index contributed by atoms with van der Waals surface area (Å²) in [5.41, 5.74) is 11.6. The zero-order valence-electron chi connectivity index (χ0n) is 6.61. The van der Waals surface area contributed by atoms with E-state index in [1.165, 1.54) is 0 Å². The maximum absolute atomic E-state index is 5.98. The van der Waals surface area contributed by atoms with Gasteiger partial charge in [0.25, 0.3) is 0 Å². The van der Waals surface area contributed by atoms with Crippen LogP contribution in [0.2, 0.25) is 0 Å². The van der Waals surface area contributed by atoms with E-state index in [4.69, 9.17) is 11.5 Å². The van der Waals surface area contributed by atoms with Crippen LogP contribution in [0.5, 0.6) is 0 Å². The summed E-state index contributed by atoms with van der Waals surface area (Å²) in [7, 11) is 0. The molecule has 0 bridgehead atoms. The summed E-state index contributed by atoms with van der Waals surface area (Å²) in [6, 6.07) is 0.0363. The second-order valence-electron chi connectivity index (χ2n) is 2.89. The number of rotatable bonds is 5.